The molecule has 0 aliphatic heterocycles. The van der Waals surface area contributed by atoms with E-state index in [0.717, 1.165) is 27.8 Å². The van der Waals surface area contributed by atoms with Crippen molar-refractivity contribution in [3.8, 4) is 0 Å². The first-order valence-corrected chi connectivity index (χ1v) is 9.21. The van der Waals surface area contributed by atoms with E-state index >= 15 is 0 Å². The molecule has 23 heavy (non-hydrogen) atoms. The Morgan fingerprint density at radius 1 is 1.30 bits per heavy atom. The van der Waals surface area contributed by atoms with Gasteiger partial charge in [-0.25, -0.2) is 18.1 Å². The van der Waals surface area contributed by atoms with Gasteiger partial charge in [0.1, 0.15) is 0 Å². The minimum Gasteiger partial charge on any atom is -0.361 e. The van der Waals surface area contributed by atoms with E-state index in [9.17, 15) is 13.2 Å². The molecule has 3 rings (SSSR count). The summed E-state index contributed by atoms with van der Waals surface area (Å²) in [5, 5.41) is 1.55. The highest BCUT2D eigenvalue weighted by atomic mass is 32.2. The van der Waals surface area contributed by atoms with Crippen LogP contribution in [0.15, 0.2) is 34.7 Å². The van der Waals surface area contributed by atoms with Crippen molar-refractivity contribution < 1.29 is 13.2 Å². The first kappa shape index (κ1) is 15.7. The van der Waals surface area contributed by atoms with E-state index in [1.807, 2.05) is 24.3 Å². The molecule has 2 aromatic heterocycles. The zero-order valence-electron chi connectivity index (χ0n) is 12.6. The van der Waals surface area contributed by atoms with Gasteiger partial charge in [-0.15, -0.1) is 11.3 Å². The van der Waals surface area contributed by atoms with E-state index in [4.69, 9.17) is 0 Å². The van der Waals surface area contributed by atoms with Crippen LogP contribution in [0.1, 0.15) is 16.3 Å². The second-order valence-electron chi connectivity index (χ2n) is 5.17. The van der Waals surface area contributed by atoms with E-state index in [0.29, 0.717) is 10.7 Å². The fraction of sp³-hybridized carbons (Fsp3) is 0.200. The SMILES string of the molecule is Cc1nc(C)c(S(=O)(=O)NC(=O)Cc2c[nH]c3ccccc23)s1. The van der Waals surface area contributed by atoms with Crippen LogP contribution >= 0.6 is 11.3 Å². The normalized spacial score (nSPS) is 11.7. The molecule has 3 aromatic rings. The number of carbonyl (C=O) groups excluding carboxylic acids is 1. The monoisotopic (exact) mass is 349 g/mol. The molecule has 0 bridgehead atoms. The van der Waals surface area contributed by atoms with Crippen LogP contribution in [-0.2, 0) is 21.2 Å². The Bertz CT molecular complexity index is 986. The highest BCUT2D eigenvalue weighted by molar-refractivity contribution is 7.92. The first-order valence-electron chi connectivity index (χ1n) is 6.91. The van der Waals surface area contributed by atoms with Gasteiger partial charge in [0.2, 0.25) is 5.91 Å². The van der Waals surface area contributed by atoms with Crippen LogP contribution in [-0.4, -0.2) is 24.3 Å². The first-order chi connectivity index (χ1) is 10.9. The molecule has 0 saturated heterocycles. The van der Waals surface area contributed by atoms with E-state index < -0.39 is 15.9 Å². The molecule has 0 radical (unpaired) electrons. The van der Waals surface area contributed by atoms with Gasteiger partial charge in [-0.05, 0) is 25.5 Å². The molecule has 8 heteroatoms. The minimum atomic E-state index is -3.88. The highest BCUT2D eigenvalue weighted by Crippen LogP contribution is 2.23. The van der Waals surface area contributed by atoms with Crippen molar-refractivity contribution in [3.05, 3.63) is 46.7 Å². The molecule has 1 amide bonds. The Kier molecular flexibility index (Phi) is 3.95. The van der Waals surface area contributed by atoms with Crippen LogP contribution in [0.2, 0.25) is 0 Å². The third kappa shape index (κ3) is 3.13. The smallest absolute Gasteiger partial charge is 0.275 e. The van der Waals surface area contributed by atoms with Gasteiger partial charge in [0, 0.05) is 17.1 Å². The number of fused-ring (bicyclic) bond motifs is 1. The van der Waals surface area contributed by atoms with Crippen LogP contribution < -0.4 is 4.72 Å². The van der Waals surface area contributed by atoms with Gasteiger partial charge in [-0.1, -0.05) is 18.2 Å². The van der Waals surface area contributed by atoms with Gasteiger partial charge < -0.3 is 4.98 Å². The van der Waals surface area contributed by atoms with Crippen molar-refractivity contribution in [2.45, 2.75) is 24.5 Å². The predicted molar refractivity (Wildman–Crippen MR) is 88.9 cm³/mol. The van der Waals surface area contributed by atoms with Gasteiger partial charge in [0.05, 0.1) is 17.1 Å². The van der Waals surface area contributed by atoms with Gasteiger partial charge in [-0.2, -0.15) is 0 Å². The Morgan fingerprint density at radius 3 is 2.74 bits per heavy atom. The van der Waals surface area contributed by atoms with Crippen molar-refractivity contribution in [2.75, 3.05) is 0 Å². The van der Waals surface area contributed by atoms with Crippen molar-refractivity contribution in [1.29, 1.82) is 0 Å². The molecule has 0 aliphatic rings. The van der Waals surface area contributed by atoms with Gasteiger partial charge in [-0.3, -0.25) is 4.79 Å². The minimum absolute atomic E-state index is 0.0138. The molecular weight excluding hydrogens is 334 g/mol. The number of nitrogens with zero attached hydrogens (tertiary/aromatic N) is 1. The zero-order chi connectivity index (χ0) is 16.6. The lowest BCUT2D eigenvalue weighted by atomic mass is 10.1. The molecule has 2 heterocycles. The summed E-state index contributed by atoms with van der Waals surface area (Å²) in [6.07, 6.45) is 1.71. The lowest BCUT2D eigenvalue weighted by Crippen LogP contribution is -2.31. The van der Waals surface area contributed by atoms with Crippen LogP contribution in [0.5, 0.6) is 0 Å². The quantitative estimate of drug-likeness (QED) is 0.756. The number of rotatable bonds is 4. The number of para-hydroxylation sites is 1. The summed E-state index contributed by atoms with van der Waals surface area (Å²) in [5.74, 6) is -0.569. The van der Waals surface area contributed by atoms with E-state index in [1.165, 1.54) is 0 Å². The molecule has 0 aliphatic carbocycles. The number of carbonyl (C=O) groups is 1. The highest BCUT2D eigenvalue weighted by Gasteiger charge is 2.23. The van der Waals surface area contributed by atoms with Crippen LogP contribution in [0.25, 0.3) is 10.9 Å². The number of hydrogen-bond donors (Lipinski definition) is 2. The summed E-state index contributed by atoms with van der Waals surface area (Å²) >= 11 is 1.05. The molecule has 120 valence electrons. The lowest BCUT2D eigenvalue weighted by Gasteiger charge is -2.05. The van der Waals surface area contributed by atoms with E-state index in [2.05, 4.69) is 14.7 Å². The summed E-state index contributed by atoms with van der Waals surface area (Å²) in [5.41, 5.74) is 2.07. The molecule has 0 unspecified atom stereocenters. The molecule has 1 aromatic carbocycles. The molecule has 0 fully saturated rings. The van der Waals surface area contributed by atoms with Gasteiger partial charge in [0.15, 0.2) is 4.21 Å². The van der Waals surface area contributed by atoms with Crippen LogP contribution in [0.4, 0.5) is 0 Å². The molecule has 2 N–H and O–H groups in total. The fourth-order valence-corrected chi connectivity index (χ4v) is 4.91. The number of aromatic amines is 1. The van der Waals surface area contributed by atoms with Gasteiger partial charge in [0.25, 0.3) is 10.0 Å². The summed E-state index contributed by atoms with van der Waals surface area (Å²) in [6.45, 7) is 3.34. The zero-order valence-corrected chi connectivity index (χ0v) is 14.2. The molecule has 0 atom stereocenters. The second kappa shape index (κ2) is 5.78. The van der Waals surface area contributed by atoms with E-state index in [1.54, 1.807) is 20.0 Å². The average Bonchev–Trinajstić information content (AvgIpc) is 3.02. The number of hydrogen-bond acceptors (Lipinski definition) is 5. The summed E-state index contributed by atoms with van der Waals surface area (Å²) < 4.78 is 26.8. The third-order valence-corrected chi connectivity index (χ3v) is 6.43. The average molecular weight is 349 g/mol. The van der Waals surface area contributed by atoms with Crippen molar-refractivity contribution in [1.82, 2.24) is 14.7 Å². The summed E-state index contributed by atoms with van der Waals surface area (Å²) in [7, 11) is -3.88. The van der Waals surface area contributed by atoms with Crippen molar-refractivity contribution in [3.63, 3.8) is 0 Å². The van der Waals surface area contributed by atoms with Crippen molar-refractivity contribution in [2.24, 2.45) is 0 Å². The fourth-order valence-electron chi connectivity index (χ4n) is 2.45. The maximum absolute atomic E-state index is 12.3. The van der Waals surface area contributed by atoms with Gasteiger partial charge >= 0.3 is 0 Å². The lowest BCUT2D eigenvalue weighted by molar-refractivity contribution is -0.118. The Balaban J connectivity index is 1.80. The van der Waals surface area contributed by atoms with Crippen LogP contribution in [0, 0.1) is 13.8 Å². The Hall–Kier alpha value is -2.19. The molecule has 6 nitrogen and oxygen atoms in total. The second-order valence-corrected chi connectivity index (χ2v) is 8.25. The number of H-pyrrole nitrogens is 1. The maximum Gasteiger partial charge on any atom is 0.275 e. The Labute approximate surface area is 137 Å². The number of benzene rings is 1. The number of amides is 1. The molecule has 0 spiro atoms. The maximum atomic E-state index is 12.3. The Morgan fingerprint density at radius 2 is 2.04 bits per heavy atom. The number of nitrogens with one attached hydrogen (secondary N) is 2. The third-order valence-electron chi connectivity index (χ3n) is 3.38. The number of sulfonamides is 1. The number of aromatic nitrogens is 2. The van der Waals surface area contributed by atoms with Crippen LogP contribution in [0.3, 0.4) is 0 Å². The largest absolute Gasteiger partial charge is 0.361 e. The van der Waals surface area contributed by atoms with Crippen molar-refractivity contribution >= 4 is 38.2 Å². The standard InChI is InChI=1S/C15H15N3O3S2/c1-9-15(22-10(2)17-9)23(20,21)18-14(19)7-11-8-16-13-6-4-3-5-12(11)13/h3-6,8,16H,7H2,1-2H3,(H,18,19). The number of aryl methyl sites for hydroxylation is 2. The molecule has 0 saturated carbocycles. The summed E-state index contributed by atoms with van der Waals surface area (Å²) in [4.78, 5) is 19.3. The topological polar surface area (TPSA) is 91.9 Å². The predicted octanol–water partition coefficient (Wildman–Crippen LogP) is 2.29. The van der Waals surface area contributed by atoms with E-state index in [-0.39, 0.29) is 10.6 Å². The number of thiazole rings is 1. The molecular formula is C15H15N3O3S2. The summed E-state index contributed by atoms with van der Waals surface area (Å²) in [6, 6.07) is 7.55.